The second-order valence-corrected chi connectivity index (χ2v) is 11.2. The molecular formula is C22H37ClN2O. The van der Waals surface area contributed by atoms with Gasteiger partial charge in [-0.1, -0.05) is 13.8 Å². The molecule has 0 radical (unpaired) electrons. The molecule has 1 amide bonds. The first-order chi connectivity index (χ1) is 11.9. The Morgan fingerprint density at radius 2 is 1.62 bits per heavy atom. The zero-order chi connectivity index (χ0) is 17.3. The number of nitrogens with zero attached hydrogens (tertiary/aromatic N) is 1. The number of piperidine rings is 1. The van der Waals surface area contributed by atoms with Crippen molar-refractivity contribution in [1.29, 1.82) is 0 Å². The van der Waals surface area contributed by atoms with Gasteiger partial charge in [0.15, 0.2) is 0 Å². The van der Waals surface area contributed by atoms with Crippen LogP contribution in [0.4, 0.5) is 0 Å². The molecule has 3 nitrogen and oxygen atoms in total. The highest BCUT2D eigenvalue weighted by molar-refractivity contribution is 5.85. The number of amides is 1. The Balaban J connectivity index is 0.00000168. The molecule has 148 valence electrons. The molecule has 0 aromatic carbocycles. The minimum absolute atomic E-state index is 0. The number of carbonyl (C=O) groups excluding carboxylic acids is 1. The van der Waals surface area contributed by atoms with E-state index in [1.807, 2.05) is 0 Å². The summed E-state index contributed by atoms with van der Waals surface area (Å²) in [5.74, 6) is 2.17. The molecule has 6 rings (SSSR count). The quantitative estimate of drug-likeness (QED) is 0.770. The van der Waals surface area contributed by atoms with E-state index in [1.165, 1.54) is 70.8 Å². The molecule has 6 fully saturated rings. The maximum absolute atomic E-state index is 13.7. The number of carbonyl (C=O) groups is 1. The maximum atomic E-state index is 13.7. The predicted molar refractivity (Wildman–Crippen MR) is 107 cm³/mol. The average Bonchev–Trinajstić information content (AvgIpc) is 3.05. The van der Waals surface area contributed by atoms with E-state index in [0.29, 0.717) is 16.7 Å². The van der Waals surface area contributed by atoms with Crippen molar-refractivity contribution in [3.63, 3.8) is 0 Å². The van der Waals surface area contributed by atoms with Crippen molar-refractivity contribution < 1.29 is 4.79 Å². The van der Waals surface area contributed by atoms with Crippen molar-refractivity contribution in [2.45, 2.75) is 84.1 Å². The van der Waals surface area contributed by atoms with E-state index in [1.54, 1.807) is 0 Å². The average molecular weight is 381 g/mol. The minimum Gasteiger partial charge on any atom is -0.342 e. The molecule has 2 aliphatic heterocycles. The summed E-state index contributed by atoms with van der Waals surface area (Å²) in [5.41, 5.74) is 0.882. The monoisotopic (exact) mass is 380 g/mol. The normalized spacial score (nSPS) is 47.8. The molecule has 0 aromatic heterocycles. The van der Waals surface area contributed by atoms with Crippen LogP contribution in [-0.4, -0.2) is 36.5 Å². The van der Waals surface area contributed by atoms with Crippen LogP contribution in [0.5, 0.6) is 0 Å². The molecule has 4 aliphatic carbocycles. The third-order valence-corrected chi connectivity index (χ3v) is 8.57. The lowest BCUT2D eigenvalue weighted by Gasteiger charge is -2.65. The van der Waals surface area contributed by atoms with Gasteiger partial charge in [-0.2, -0.15) is 0 Å². The second kappa shape index (κ2) is 6.37. The number of nitrogens with one attached hydrogen (secondary N) is 1. The predicted octanol–water partition coefficient (Wildman–Crippen LogP) is 4.40. The molecule has 0 aromatic rings. The number of halogens is 1. The number of hydrogen-bond donors (Lipinski definition) is 1. The highest BCUT2D eigenvalue weighted by Crippen LogP contribution is 2.69. The summed E-state index contributed by atoms with van der Waals surface area (Å²) in [6, 6.07) is 0.731. The summed E-state index contributed by atoms with van der Waals surface area (Å²) in [6.45, 7) is 8.19. The Kier molecular flexibility index (Phi) is 4.67. The Hall–Kier alpha value is -0.280. The second-order valence-electron chi connectivity index (χ2n) is 11.2. The van der Waals surface area contributed by atoms with Crippen LogP contribution >= 0.6 is 12.4 Å². The topological polar surface area (TPSA) is 32.3 Å². The van der Waals surface area contributed by atoms with Crippen LogP contribution in [-0.2, 0) is 4.79 Å². The Labute approximate surface area is 165 Å². The van der Waals surface area contributed by atoms with Gasteiger partial charge < -0.3 is 10.2 Å². The molecular weight excluding hydrogens is 344 g/mol. The lowest BCUT2D eigenvalue weighted by atomic mass is 9.40. The Bertz CT molecular complexity index is 546. The minimum atomic E-state index is 0. The van der Waals surface area contributed by atoms with E-state index in [0.717, 1.165) is 31.0 Å². The van der Waals surface area contributed by atoms with Gasteiger partial charge in [0.05, 0.1) is 5.41 Å². The fourth-order valence-electron chi connectivity index (χ4n) is 8.64. The largest absolute Gasteiger partial charge is 0.342 e. The van der Waals surface area contributed by atoms with E-state index >= 15 is 0 Å². The summed E-state index contributed by atoms with van der Waals surface area (Å²) in [7, 11) is 0. The molecule has 3 atom stereocenters. The van der Waals surface area contributed by atoms with Crippen LogP contribution in [0.15, 0.2) is 0 Å². The number of hydrogen-bond acceptors (Lipinski definition) is 2. The third kappa shape index (κ3) is 3.02. The SMILES string of the molecule is CC12CC3CC(C)(C1)CC(C(=O)N1CCC(C4CCCN4)CC1)(C3)C2.Cl. The van der Waals surface area contributed by atoms with E-state index in [2.05, 4.69) is 24.1 Å². The van der Waals surface area contributed by atoms with Crippen molar-refractivity contribution in [3.05, 3.63) is 0 Å². The molecule has 0 spiro atoms. The smallest absolute Gasteiger partial charge is 0.228 e. The van der Waals surface area contributed by atoms with E-state index in [-0.39, 0.29) is 17.8 Å². The lowest BCUT2D eigenvalue weighted by molar-refractivity contribution is -0.180. The van der Waals surface area contributed by atoms with Crippen LogP contribution in [0.25, 0.3) is 0 Å². The van der Waals surface area contributed by atoms with Gasteiger partial charge in [-0.05, 0) is 93.4 Å². The Morgan fingerprint density at radius 1 is 0.962 bits per heavy atom. The molecule has 2 saturated heterocycles. The number of likely N-dealkylation sites (tertiary alicyclic amines) is 1. The molecule has 26 heavy (non-hydrogen) atoms. The van der Waals surface area contributed by atoms with Crippen molar-refractivity contribution >= 4 is 18.3 Å². The lowest BCUT2D eigenvalue weighted by Crippen LogP contribution is -2.61. The van der Waals surface area contributed by atoms with Crippen LogP contribution < -0.4 is 5.32 Å². The molecule has 6 aliphatic rings. The summed E-state index contributed by atoms with van der Waals surface area (Å²) >= 11 is 0. The summed E-state index contributed by atoms with van der Waals surface area (Å²) in [4.78, 5) is 16.0. The van der Waals surface area contributed by atoms with Gasteiger partial charge in [-0.3, -0.25) is 4.79 Å². The molecule has 4 heteroatoms. The van der Waals surface area contributed by atoms with Gasteiger partial charge in [-0.25, -0.2) is 0 Å². The van der Waals surface area contributed by atoms with E-state index in [4.69, 9.17) is 0 Å². The fourth-order valence-corrected chi connectivity index (χ4v) is 8.64. The first kappa shape index (κ1) is 19.1. The molecule has 1 N–H and O–H groups in total. The zero-order valence-corrected chi connectivity index (χ0v) is 17.5. The van der Waals surface area contributed by atoms with Gasteiger partial charge in [-0.15, -0.1) is 12.4 Å². The zero-order valence-electron chi connectivity index (χ0n) is 16.7. The van der Waals surface area contributed by atoms with Crippen LogP contribution in [0, 0.1) is 28.1 Å². The van der Waals surface area contributed by atoms with E-state index in [9.17, 15) is 4.79 Å². The van der Waals surface area contributed by atoms with Gasteiger partial charge >= 0.3 is 0 Å². The molecule has 4 saturated carbocycles. The third-order valence-electron chi connectivity index (χ3n) is 8.57. The highest BCUT2D eigenvalue weighted by Gasteiger charge is 2.63. The van der Waals surface area contributed by atoms with Crippen molar-refractivity contribution in [3.8, 4) is 0 Å². The molecule has 3 unspecified atom stereocenters. The highest BCUT2D eigenvalue weighted by atomic mass is 35.5. The van der Waals surface area contributed by atoms with E-state index < -0.39 is 0 Å². The summed E-state index contributed by atoms with van der Waals surface area (Å²) < 4.78 is 0. The maximum Gasteiger partial charge on any atom is 0.228 e. The van der Waals surface area contributed by atoms with Gasteiger partial charge in [0, 0.05) is 19.1 Å². The first-order valence-corrected chi connectivity index (χ1v) is 10.9. The van der Waals surface area contributed by atoms with Crippen LogP contribution in [0.3, 0.4) is 0 Å². The summed E-state index contributed by atoms with van der Waals surface area (Å²) in [5, 5.41) is 3.69. The molecule has 4 bridgehead atoms. The van der Waals surface area contributed by atoms with Gasteiger partial charge in [0.1, 0.15) is 0 Å². The van der Waals surface area contributed by atoms with Crippen molar-refractivity contribution in [2.75, 3.05) is 19.6 Å². The Morgan fingerprint density at radius 3 is 2.15 bits per heavy atom. The first-order valence-electron chi connectivity index (χ1n) is 10.9. The standard InChI is InChI=1S/C22H36N2O.ClH/c1-20-10-16-11-21(2,13-20)15-22(12-16,14-20)19(25)24-8-5-17(6-9-24)18-4-3-7-23-18;/h16-18,23H,3-15H2,1-2H3;1H. The van der Waals surface area contributed by atoms with Crippen LogP contribution in [0.2, 0.25) is 0 Å². The van der Waals surface area contributed by atoms with Crippen molar-refractivity contribution in [1.82, 2.24) is 10.2 Å². The number of rotatable bonds is 2. The fraction of sp³-hybridized carbons (Fsp3) is 0.955. The van der Waals surface area contributed by atoms with Crippen LogP contribution in [0.1, 0.15) is 78.1 Å². The van der Waals surface area contributed by atoms with Gasteiger partial charge in [0.25, 0.3) is 0 Å². The molecule has 2 heterocycles. The van der Waals surface area contributed by atoms with Crippen molar-refractivity contribution in [2.24, 2.45) is 28.1 Å². The summed E-state index contributed by atoms with van der Waals surface area (Å²) in [6.07, 6.45) is 12.8. The van der Waals surface area contributed by atoms with Gasteiger partial charge in [0.2, 0.25) is 5.91 Å².